The summed E-state index contributed by atoms with van der Waals surface area (Å²) in [5.41, 5.74) is 1.44. The molecular formula is C11H11FO2. The molecule has 0 radical (unpaired) electrons. The van der Waals surface area contributed by atoms with Crippen LogP contribution in [-0.2, 0) is 4.74 Å². The first kappa shape index (κ1) is 10.4. The highest BCUT2D eigenvalue weighted by Crippen LogP contribution is 2.16. The number of rotatable bonds is 2. The fourth-order valence-corrected chi connectivity index (χ4v) is 1.06. The van der Waals surface area contributed by atoms with Crippen LogP contribution in [0.1, 0.15) is 22.8 Å². The zero-order chi connectivity index (χ0) is 10.7. The third kappa shape index (κ3) is 1.99. The first-order chi connectivity index (χ1) is 6.56. The van der Waals surface area contributed by atoms with Gasteiger partial charge in [0.1, 0.15) is 5.82 Å². The van der Waals surface area contributed by atoms with Gasteiger partial charge in [0, 0.05) is 0 Å². The average molecular weight is 194 g/mol. The van der Waals surface area contributed by atoms with Crippen LogP contribution in [0, 0.1) is 5.82 Å². The molecule has 0 atom stereocenters. The largest absolute Gasteiger partial charge is 0.465 e. The number of ether oxygens (including phenoxy) is 1. The summed E-state index contributed by atoms with van der Waals surface area (Å²) < 4.78 is 17.6. The van der Waals surface area contributed by atoms with Gasteiger partial charge in [0.2, 0.25) is 0 Å². The number of halogens is 1. The lowest BCUT2D eigenvalue weighted by Crippen LogP contribution is -2.04. The van der Waals surface area contributed by atoms with Gasteiger partial charge in [-0.1, -0.05) is 18.2 Å². The maximum atomic E-state index is 13.1. The monoisotopic (exact) mass is 194 g/mol. The molecule has 0 N–H and O–H groups in total. The van der Waals surface area contributed by atoms with E-state index in [2.05, 4.69) is 11.3 Å². The van der Waals surface area contributed by atoms with E-state index in [1.807, 2.05) is 0 Å². The van der Waals surface area contributed by atoms with Gasteiger partial charge >= 0.3 is 5.97 Å². The van der Waals surface area contributed by atoms with Gasteiger partial charge in [-0.05, 0) is 24.6 Å². The predicted octanol–water partition coefficient (Wildman–Crippen LogP) is 2.65. The van der Waals surface area contributed by atoms with Crippen LogP contribution in [0.3, 0.4) is 0 Å². The van der Waals surface area contributed by atoms with Crippen molar-refractivity contribution in [1.82, 2.24) is 0 Å². The van der Waals surface area contributed by atoms with E-state index in [0.29, 0.717) is 0 Å². The predicted molar refractivity (Wildman–Crippen MR) is 52.4 cm³/mol. The molecule has 0 aliphatic heterocycles. The molecule has 74 valence electrons. The van der Waals surface area contributed by atoms with Crippen LogP contribution in [-0.4, -0.2) is 13.1 Å². The lowest BCUT2D eigenvalue weighted by molar-refractivity contribution is 0.0595. The van der Waals surface area contributed by atoms with Gasteiger partial charge in [-0.3, -0.25) is 0 Å². The molecule has 0 aromatic heterocycles. The lowest BCUT2D eigenvalue weighted by Gasteiger charge is -2.04. The molecule has 14 heavy (non-hydrogen) atoms. The second-order valence-corrected chi connectivity index (χ2v) is 2.97. The van der Waals surface area contributed by atoms with Crippen molar-refractivity contribution in [1.29, 1.82) is 0 Å². The number of carbonyl (C=O) groups is 1. The van der Waals surface area contributed by atoms with E-state index in [9.17, 15) is 9.18 Å². The molecule has 0 spiro atoms. The van der Waals surface area contributed by atoms with Crippen molar-refractivity contribution in [2.75, 3.05) is 7.11 Å². The number of methoxy groups -OCH3 is 1. The molecule has 0 bridgehead atoms. The Kier molecular flexibility index (Phi) is 3.02. The van der Waals surface area contributed by atoms with Crippen molar-refractivity contribution < 1.29 is 13.9 Å². The number of carbonyl (C=O) groups excluding carboxylic acids is 1. The Bertz CT molecular complexity index is 383. The summed E-state index contributed by atoms with van der Waals surface area (Å²) in [6, 6.07) is 4.24. The Hall–Kier alpha value is -1.64. The van der Waals surface area contributed by atoms with E-state index in [1.54, 1.807) is 13.0 Å². The molecule has 0 heterocycles. The highest BCUT2D eigenvalue weighted by molar-refractivity contribution is 5.90. The van der Waals surface area contributed by atoms with E-state index in [-0.39, 0.29) is 5.56 Å². The quantitative estimate of drug-likeness (QED) is 0.676. The molecule has 0 amide bonds. The van der Waals surface area contributed by atoms with E-state index in [1.165, 1.54) is 19.2 Å². The van der Waals surface area contributed by atoms with Crippen LogP contribution in [0.5, 0.6) is 0 Å². The van der Waals surface area contributed by atoms with Gasteiger partial charge in [-0.15, -0.1) is 0 Å². The standard InChI is InChI=1S/C11H11FO2/c1-7(2)8-4-5-10(12)9(6-8)11(13)14-3/h4-6H,1H2,2-3H3. The number of benzene rings is 1. The number of esters is 1. The van der Waals surface area contributed by atoms with E-state index < -0.39 is 11.8 Å². The maximum Gasteiger partial charge on any atom is 0.340 e. The van der Waals surface area contributed by atoms with E-state index in [4.69, 9.17) is 0 Å². The Balaban J connectivity index is 3.21. The molecular weight excluding hydrogens is 183 g/mol. The van der Waals surface area contributed by atoms with E-state index in [0.717, 1.165) is 11.1 Å². The van der Waals surface area contributed by atoms with Crippen LogP contribution < -0.4 is 0 Å². The summed E-state index contributed by atoms with van der Waals surface area (Å²) in [6.45, 7) is 5.49. The Labute approximate surface area is 82.0 Å². The van der Waals surface area contributed by atoms with Crippen LogP contribution >= 0.6 is 0 Å². The van der Waals surface area contributed by atoms with Crippen molar-refractivity contribution >= 4 is 11.5 Å². The molecule has 2 nitrogen and oxygen atoms in total. The van der Waals surface area contributed by atoms with Gasteiger partial charge in [0.15, 0.2) is 0 Å². The molecule has 0 saturated heterocycles. The zero-order valence-electron chi connectivity index (χ0n) is 8.13. The summed E-state index contributed by atoms with van der Waals surface area (Å²) in [6.07, 6.45) is 0. The normalized spacial score (nSPS) is 9.64. The fraction of sp³-hybridized carbons (Fsp3) is 0.182. The highest BCUT2D eigenvalue weighted by Gasteiger charge is 2.12. The van der Waals surface area contributed by atoms with Crippen molar-refractivity contribution in [3.63, 3.8) is 0 Å². The zero-order valence-corrected chi connectivity index (χ0v) is 8.13. The Morgan fingerprint density at radius 3 is 2.64 bits per heavy atom. The van der Waals surface area contributed by atoms with Gasteiger partial charge < -0.3 is 4.74 Å². The SMILES string of the molecule is C=C(C)c1ccc(F)c(C(=O)OC)c1. The van der Waals surface area contributed by atoms with Gasteiger partial charge in [0.05, 0.1) is 12.7 Å². The smallest absolute Gasteiger partial charge is 0.340 e. The third-order valence-corrected chi connectivity index (χ3v) is 1.86. The number of allylic oxidation sites excluding steroid dienone is 1. The summed E-state index contributed by atoms with van der Waals surface area (Å²) in [5, 5.41) is 0. The topological polar surface area (TPSA) is 26.3 Å². The summed E-state index contributed by atoms with van der Waals surface area (Å²) >= 11 is 0. The average Bonchev–Trinajstić information content (AvgIpc) is 2.17. The minimum Gasteiger partial charge on any atom is -0.465 e. The molecule has 1 aromatic carbocycles. The van der Waals surface area contributed by atoms with Crippen LogP contribution in [0.4, 0.5) is 4.39 Å². The molecule has 0 aliphatic rings. The minimum atomic E-state index is -0.675. The molecule has 0 saturated carbocycles. The molecule has 3 heteroatoms. The fourth-order valence-electron chi connectivity index (χ4n) is 1.06. The van der Waals surface area contributed by atoms with Crippen molar-refractivity contribution in [3.05, 3.63) is 41.7 Å². The molecule has 0 fully saturated rings. The summed E-state index contributed by atoms with van der Waals surface area (Å²) in [5.74, 6) is -1.26. The highest BCUT2D eigenvalue weighted by atomic mass is 19.1. The second kappa shape index (κ2) is 4.05. The Morgan fingerprint density at radius 2 is 2.14 bits per heavy atom. The van der Waals surface area contributed by atoms with E-state index >= 15 is 0 Å². The molecule has 0 unspecified atom stereocenters. The van der Waals surface area contributed by atoms with Crippen LogP contribution in [0.25, 0.3) is 5.57 Å². The van der Waals surface area contributed by atoms with Crippen molar-refractivity contribution in [2.45, 2.75) is 6.92 Å². The minimum absolute atomic E-state index is 0.0620. The Morgan fingerprint density at radius 1 is 1.50 bits per heavy atom. The van der Waals surface area contributed by atoms with Gasteiger partial charge in [0.25, 0.3) is 0 Å². The number of hydrogen-bond acceptors (Lipinski definition) is 2. The second-order valence-electron chi connectivity index (χ2n) is 2.97. The van der Waals surface area contributed by atoms with Crippen molar-refractivity contribution in [3.8, 4) is 0 Å². The van der Waals surface area contributed by atoms with Crippen molar-refractivity contribution in [2.24, 2.45) is 0 Å². The van der Waals surface area contributed by atoms with Crippen LogP contribution in [0.2, 0.25) is 0 Å². The first-order valence-corrected chi connectivity index (χ1v) is 4.10. The van der Waals surface area contributed by atoms with Gasteiger partial charge in [-0.2, -0.15) is 0 Å². The molecule has 1 rings (SSSR count). The van der Waals surface area contributed by atoms with Gasteiger partial charge in [-0.25, -0.2) is 9.18 Å². The van der Waals surface area contributed by atoms with Crippen LogP contribution in [0.15, 0.2) is 24.8 Å². The third-order valence-electron chi connectivity index (χ3n) is 1.86. The summed E-state index contributed by atoms with van der Waals surface area (Å²) in [4.78, 5) is 11.1. The molecule has 1 aromatic rings. The maximum absolute atomic E-state index is 13.1. The summed E-state index contributed by atoms with van der Waals surface area (Å²) in [7, 11) is 1.22. The number of hydrogen-bond donors (Lipinski definition) is 0. The molecule has 0 aliphatic carbocycles. The lowest BCUT2D eigenvalue weighted by atomic mass is 10.1. The first-order valence-electron chi connectivity index (χ1n) is 4.10.